The zero-order chi connectivity index (χ0) is 10.8. The van der Waals surface area contributed by atoms with Crippen molar-refractivity contribution in [2.24, 2.45) is 5.92 Å². The van der Waals surface area contributed by atoms with E-state index in [9.17, 15) is 4.79 Å². The smallest absolute Gasteiger partial charge is 0.303 e. The second-order valence-electron chi connectivity index (χ2n) is 3.72. The van der Waals surface area contributed by atoms with Gasteiger partial charge in [0, 0.05) is 0 Å². The average Bonchev–Trinajstić information content (AvgIpc) is 2.12. The van der Waals surface area contributed by atoms with Crippen LogP contribution >= 0.6 is 0 Å². The quantitative estimate of drug-likeness (QED) is 0.477. The van der Waals surface area contributed by atoms with Crippen LogP contribution in [0.2, 0.25) is 0 Å². The lowest BCUT2D eigenvalue weighted by Gasteiger charge is -2.07. The van der Waals surface area contributed by atoms with Crippen molar-refractivity contribution in [1.29, 1.82) is 0 Å². The van der Waals surface area contributed by atoms with Gasteiger partial charge in [0.2, 0.25) is 0 Å². The summed E-state index contributed by atoms with van der Waals surface area (Å²) in [5.74, 6) is -0.460. The average molecular weight is 198 g/mol. The molecular weight excluding hydrogens is 176 g/mol. The first-order valence-corrected chi connectivity index (χ1v) is 5.59. The molecule has 0 aromatic carbocycles. The molecule has 1 N–H and O–H groups in total. The third-order valence-corrected chi connectivity index (χ3v) is 2.23. The second-order valence-corrected chi connectivity index (χ2v) is 3.72. The molecule has 0 aromatic rings. The summed E-state index contributed by atoms with van der Waals surface area (Å²) in [6.07, 6.45) is 9.99. The molecule has 0 aliphatic carbocycles. The number of unbranched alkanes of at least 4 members (excludes halogenated alkanes) is 2. The molecule has 0 aliphatic rings. The molecule has 0 fully saturated rings. The number of allylic oxidation sites excluding steroid dienone is 2. The van der Waals surface area contributed by atoms with Crippen LogP contribution in [0.4, 0.5) is 0 Å². The Hall–Kier alpha value is -0.790. The van der Waals surface area contributed by atoms with Gasteiger partial charge >= 0.3 is 5.97 Å². The SMILES string of the molecule is CCCCC=CC(CCC)CC(=O)O. The van der Waals surface area contributed by atoms with Crippen molar-refractivity contribution in [2.75, 3.05) is 0 Å². The minimum absolute atomic E-state index is 0.231. The van der Waals surface area contributed by atoms with E-state index in [2.05, 4.69) is 26.0 Å². The summed E-state index contributed by atoms with van der Waals surface area (Å²) in [4.78, 5) is 10.5. The molecule has 0 heterocycles. The minimum atomic E-state index is -0.691. The Morgan fingerprint density at radius 2 is 2.07 bits per heavy atom. The number of carboxylic acid groups (broad SMARTS) is 1. The Morgan fingerprint density at radius 3 is 2.57 bits per heavy atom. The lowest BCUT2D eigenvalue weighted by molar-refractivity contribution is -0.137. The maximum atomic E-state index is 10.5. The first kappa shape index (κ1) is 13.2. The van der Waals surface area contributed by atoms with Crippen LogP contribution < -0.4 is 0 Å². The molecule has 82 valence electrons. The van der Waals surface area contributed by atoms with Crippen molar-refractivity contribution in [3.63, 3.8) is 0 Å². The second kappa shape index (κ2) is 8.79. The monoisotopic (exact) mass is 198 g/mol. The van der Waals surface area contributed by atoms with Crippen LogP contribution in [-0.4, -0.2) is 11.1 Å². The van der Waals surface area contributed by atoms with Gasteiger partial charge in [-0.25, -0.2) is 0 Å². The van der Waals surface area contributed by atoms with Gasteiger partial charge in [-0.1, -0.05) is 45.3 Å². The van der Waals surface area contributed by atoms with E-state index in [0.717, 1.165) is 19.3 Å². The number of hydrogen-bond acceptors (Lipinski definition) is 1. The maximum Gasteiger partial charge on any atom is 0.303 e. The lowest BCUT2D eigenvalue weighted by Crippen LogP contribution is -2.04. The maximum absolute atomic E-state index is 10.5. The zero-order valence-electron chi connectivity index (χ0n) is 9.33. The van der Waals surface area contributed by atoms with Crippen LogP contribution in [0.3, 0.4) is 0 Å². The highest BCUT2D eigenvalue weighted by Gasteiger charge is 2.07. The van der Waals surface area contributed by atoms with Crippen LogP contribution in [0, 0.1) is 5.92 Å². The van der Waals surface area contributed by atoms with E-state index in [-0.39, 0.29) is 12.3 Å². The van der Waals surface area contributed by atoms with E-state index < -0.39 is 5.97 Å². The number of rotatable bonds is 8. The fraction of sp³-hybridized carbons (Fsp3) is 0.750. The largest absolute Gasteiger partial charge is 0.481 e. The fourth-order valence-electron chi connectivity index (χ4n) is 1.47. The summed E-state index contributed by atoms with van der Waals surface area (Å²) >= 11 is 0. The topological polar surface area (TPSA) is 37.3 Å². The summed E-state index contributed by atoms with van der Waals surface area (Å²) in [5.41, 5.74) is 0. The van der Waals surface area contributed by atoms with Crippen molar-refractivity contribution in [1.82, 2.24) is 0 Å². The summed E-state index contributed by atoms with van der Waals surface area (Å²) < 4.78 is 0. The molecular formula is C12H22O2. The number of carbonyl (C=O) groups is 1. The fourth-order valence-corrected chi connectivity index (χ4v) is 1.47. The van der Waals surface area contributed by atoms with Gasteiger partial charge in [-0.3, -0.25) is 4.79 Å². The normalized spacial score (nSPS) is 13.3. The molecule has 0 bridgehead atoms. The van der Waals surface area contributed by atoms with Gasteiger partial charge in [-0.2, -0.15) is 0 Å². The Balaban J connectivity index is 3.82. The predicted octanol–water partition coefficient (Wildman–Crippen LogP) is 3.62. The van der Waals surface area contributed by atoms with Crippen LogP contribution in [0.5, 0.6) is 0 Å². The third kappa shape index (κ3) is 7.84. The first-order valence-electron chi connectivity index (χ1n) is 5.59. The van der Waals surface area contributed by atoms with Gasteiger partial charge in [0.25, 0.3) is 0 Å². The molecule has 0 aromatic heterocycles. The highest BCUT2D eigenvalue weighted by atomic mass is 16.4. The molecule has 1 unspecified atom stereocenters. The molecule has 14 heavy (non-hydrogen) atoms. The molecule has 0 amide bonds. The van der Waals surface area contributed by atoms with E-state index >= 15 is 0 Å². The Bertz CT molecular complexity index is 173. The van der Waals surface area contributed by atoms with Crippen LogP contribution in [0.1, 0.15) is 52.4 Å². The van der Waals surface area contributed by atoms with E-state index in [4.69, 9.17) is 5.11 Å². The van der Waals surface area contributed by atoms with E-state index in [0.29, 0.717) is 0 Å². The van der Waals surface area contributed by atoms with Gasteiger partial charge in [-0.05, 0) is 18.8 Å². The molecule has 0 spiro atoms. The van der Waals surface area contributed by atoms with E-state index in [1.54, 1.807) is 0 Å². The van der Waals surface area contributed by atoms with Crippen LogP contribution in [0.25, 0.3) is 0 Å². The summed E-state index contributed by atoms with van der Waals surface area (Å²) in [7, 11) is 0. The summed E-state index contributed by atoms with van der Waals surface area (Å²) in [5, 5.41) is 8.68. The summed E-state index contributed by atoms with van der Waals surface area (Å²) in [6.45, 7) is 4.25. The van der Waals surface area contributed by atoms with Crippen molar-refractivity contribution >= 4 is 5.97 Å². The molecule has 0 radical (unpaired) electrons. The minimum Gasteiger partial charge on any atom is -0.481 e. The van der Waals surface area contributed by atoms with E-state index in [1.807, 2.05) is 0 Å². The third-order valence-electron chi connectivity index (χ3n) is 2.23. The van der Waals surface area contributed by atoms with Gasteiger partial charge in [-0.15, -0.1) is 0 Å². The lowest BCUT2D eigenvalue weighted by atomic mass is 9.99. The molecule has 2 nitrogen and oxygen atoms in total. The zero-order valence-corrected chi connectivity index (χ0v) is 9.33. The van der Waals surface area contributed by atoms with Crippen molar-refractivity contribution < 1.29 is 9.90 Å². The number of hydrogen-bond donors (Lipinski definition) is 1. The van der Waals surface area contributed by atoms with Crippen molar-refractivity contribution in [2.45, 2.75) is 52.4 Å². The standard InChI is InChI=1S/C12H22O2/c1-3-5-6-7-9-11(8-4-2)10-12(13)14/h7,9,11H,3-6,8,10H2,1-2H3,(H,13,14). The number of carboxylic acids is 1. The van der Waals surface area contributed by atoms with Crippen LogP contribution in [0.15, 0.2) is 12.2 Å². The predicted molar refractivity (Wildman–Crippen MR) is 59.3 cm³/mol. The van der Waals surface area contributed by atoms with Crippen molar-refractivity contribution in [3.05, 3.63) is 12.2 Å². The molecule has 0 rings (SSSR count). The Labute approximate surface area is 87.0 Å². The van der Waals surface area contributed by atoms with E-state index in [1.165, 1.54) is 12.8 Å². The van der Waals surface area contributed by atoms with Gasteiger partial charge < -0.3 is 5.11 Å². The molecule has 0 aliphatic heterocycles. The first-order chi connectivity index (χ1) is 6.70. The van der Waals surface area contributed by atoms with Gasteiger partial charge in [0.1, 0.15) is 0 Å². The molecule has 0 saturated carbocycles. The van der Waals surface area contributed by atoms with Crippen LogP contribution in [-0.2, 0) is 4.79 Å². The van der Waals surface area contributed by atoms with Crippen molar-refractivity contribution in [3.8, 4) is 0 Å². The highest BCUT2D eigenvalue weighted by Crippen LogP contribution is 2.13. The highest BCUT2D eigenvalue weighted by molar-refractivity contribution is 5.67. The summed E-state index contributed by atoms with van der Waals surface area (Å²) in [6, 6.07) is 0. The Kier molecular flexibility index (Phi) is 8.30. The molecule has 0 saturated heterocycles. The Morgan fingerprint density at radius 1 is 1.36 bits per heavy atom. The molecule has 1 atom stereocenters. The molecule has 2 heteroatoms. The van der Waals surface area contributed by atoms with Gasteiger partial charge in [0.05, 0.1) is 6.42 Å². The number of aliphatic carboxylic acids is 1. The van der Waals surface area contributed by atoms with Gasteiger partial charge in [0.15, 0.2) is 0 Å².